The molecule has 100 valence electrons. The van der Waals surface area contributed by atoms with Crippen LogP contribution in [0.1, 0.15) is 27.7 Å². The molecule has 0 bridgehead atoms. The molecule has 0 heterocycles. The zero-order valence-electron chi connectivity index (χ0n) is 11.1. The fourth-order valence-corrected chi connectivity index (χ4v) is 1.63. The van der Waals surface area contributed by atoms with Gasteiger partial charge in [0.15, 0.2) is 0 Å². The molecule has 1 atom stereocenters. The predicted molar refractivity (Wildman–Crippen MR) is 72.9 cm³/mol. The lowest BCUT2D eigenvalue weighted by atomic mass is 10.3. The average molecular weight is 271 g/mol. The van der Waals surface area contributed by atoms with Crippen molar-refractivity contribution in [3.05, 3.63) is 30.1 Å². The van der Waals surface area contributed by atoms with Crippen LogP contribution in [0.4, 0.5) is 4.39 Å². The minimum Gasteiger partial charge on any atom is -0.488 e. The van der Waals surface area contributed by atoms with Gasteiger partial charge >= 0.3 is 0 Å². The molecular weight excluding hydrogens is 253 g/mol. The molecule has 1 rings (SSSR count). The van der Waals surface area contributed by atoms with Gasteiger partial charge in [0.2, 0.25) is 0 Å². The average Bonchev–Trinajstić information content (AvgIpc) is 2.27. The molecule has 0 saturated carbocycles. The maximum Gasteiger partial charge on any atom is 0.144 e. The Bertz CT molecular complexity index is 449. The minimum atomic E-state index is -1.28. The Morgan fingerprint density at radius 2 is 1.89 bits per heavy atom. The van der Waals surface area contributed by atoms with E-state index in [1.165, 1.54) is 12.1 Å². The normalized spacial score (nSPS) is 14.4. The lowest BCUT2D eigenvalue weighted by molar-refractivity contribution is 0.375. The van der Waals surface area contributed by atoms with Crippen LogP contribution in [0.25, 0.3) is 0 Å². The molecule has 18 heavy (non-hydrogen) atoms. The first kappa shape index (κ1) is 14.8. The van der Waals surface area contributed by atoms with Crippen LogP contribution in [-0.4, -0.2) is 21.3 Å². The van der Waals surface area contributed by atoms with E-state index in [1.807, 2.05) is 20.8 Å². The van der Waals surface area contributed by atoms with Gasteiger partial charge in [-0.25, -0.2) is 8.60 Å². The van der Waals surface area contributed by atoms with Crippen LogP contribution < -0.4 is 4.74 Å². The predicted octanol–water partition coefficient (Wildman–Crippen LogP) is 3.13. The van der Waals surface area contributed by atoms with Crippen LogP contribution in [0, 0.1) is 5.82 Å². The Morgan fingerprint density at radius 3 is 2.39 bits per heavy atom. The summed E-state index contributed by atoms with van der Waals surface area (Å²) in [6.07, 6.45) is 0. The Labute approximate surface area is 110 Å². The molecule has 5 heteroatoms. The molecule has 1 aromatic carbocycles. The molecule has 0 fully saturated rings. The zero-order valence-corrected chi connectivity index (χ0v) is 11.9. The Kier molecular flexibility index (Phi) is 5.02. The molecule has 1 aromatic rings. The molecule has 0 radical (unpaired) electrons. The van der Waals surface area contributed by atoms with Gasteiger partial charge in [0.05, 0.1) is 10.5 Å². The quantitative estimate of drug-likeness (QED) is 0.789. The molecule has 0 saturated heterocycles. The molecule has 1 unspecified atom stereocenters. The highest BCUT2D eigenvalue weighted by Crippen LogP contribution is 2.13. The van der Waals surface area contributed by atoms with Gasteiger partial charge in [-0.2, -0.15) is 4.40 Å². The van der Waals surface area contributed by atoms with Crippen molar-refractivity contribution in [1.82, 2.24) is 0 Å². The van der Waals surface area contributed by atoms with Gasteiger partial charge in [-0.3, -0.25) is 0 Å². The topological polar surface area (TPSA) is 38.7 Å². The summed E-state index contributed by atoms with van der Waals surface area (Å²) in [5.41, 5.74) is 0.646. The summed E-state index contributed by atoms with van der Waals surface area (Å²) < 4.78 is 33.5. The molecule has 0 spiro atoms. The summed E-state index contributed by atoms with van der Waals surface area (Å²) in [4.78, 5) is 0. The number of halogens is 1. The van der Waals surface area contributed by atoms with E-state index in [0.29, 0.717) is 11.5 Å². The van der Waals surface area contributed by atoms with Crippen molar-refractivity contribution in [2.75, 3.05) is 6.61 Å². The third-order valence-electron chi connectivity index (χ3n) is 2.02. The van der Waals surface area contributed by atoms with E-state index in [4.69, 9.17) is 4.74 Å². The smallest absolute Gasteiger partial charge is 0.144 e. The van der Waals surface area contributed by atoms with Crippen LogP contribution >= 0.6 is 0 Å². The van der Waals surface area contributed by atoms with Crippen molar-refractivity contribution >= 4 is 16.7 Å². The Hall–Kier alpha value is -1.23. The first-order valence-corrected chi connectivity index (χ1v) is 6.74. The third-order valence-corrected chi connectivity index (χ3v) is 3.55. The van der Waals surface area contributed by atoms with E-state index < -0.39 is 11.0 Å². The van der Waals surface area contributed by atoms with Crippen LogP contribution in [0.2, 0.25) is 0 Å². The summed E-state index contributed by atoms with van der Waals surface area (Å²) in [5, 5.41) is 0. The van der Waals surface area contributed by atoms with Gasteiger partial charge in [-0.1, -0.05) is 0 Å². The molecule has 0 aliphatic rings. The lowest BCUT2D eigenvalue weighted by Crippen LogP contribution is -2.21. The number of ether oxygens (including phenoxy) is 1. The van der Waals surface area contributed by atoms with Gasteiger partial charge < -0.3 is 4.74 Å². The summed E-state index contributed by atoms with van der Waals surface area (Å²) in [6, 6.07) is 5.75. The molecule has 0 amide bonds. The van der Waals surface area contributed by atoms with Gasteiger partial charge in [-0.15, -0.1) is 0 Å². The summed E-state index contributed by atoms with van der Waals surface area (Å²) in [7, 11) is -1.28. The second-order valence-electron chi connectivity index (χ2n) is 4.93. The number of nitrogens with zero attached hydrogens (tertiary/aromatic N) is 1. The van der Waals surface area contributed by atoms with Crippen molar-refractivity contribution in [3.63, 3.8) is 0 Å². The van der Waals surface area contributed by atoms with Gasteiger partial charge in [0.1, 0.15) is 29.2 Å². The number of hydrogen-bond donors (Lipinski definition) is 0. The largest absolute Gasteiger partial charge is 0.488 e. The minimum absolute atomic E-state index is 0.244. The van der Waals surface area contributed by atoms with Gasteiger partial charge in [0.25, 0.3) is 0 Å². The number of hydrogen-bond acceptors (Lipinski definition) is 2. The molecule has 0 aromatic heterocycles. The first-order valence-electron chi connectivity index (χ1n) is 5.63. The first-order chi connectivity index (χ1) is 8.29. The second kappa shape index (κ2) is 6.09. The monoisotopic (exact) mass is 271 g/mol. The van der Waals surface area contributed by atoms with E-state index in [9.17, 15) is 8.60 Å². The summed E-state index contributed by atoms with van der Waals surface area (Å²) in [6.45, 7) is 7.59. The van der Waals surface area contributed by atoms with Crippen LogP contribution in [0.3, 0.4) is 0 Å². The van der Waals surface area contributed by atoms with Gasteiger partial charge in [0, 0.05) is 0 Å². The number of benzene rings is 1. The van der Waals surface area contributed by atoms with Crippen molar-refractivity contribution in [2.45, 2.75) is 32.4 Å². The van der Waals surface area contributed by atoms with Crippen molar-refractivity contribution in [1.29, 1.82) is 0 Å². The van der Waals surface area contributed by atoms with Crippen molar-refractivity contribution in [2.24, 2.45) is 4.40 Å². The Balaban J connectivity index is 2.56. The zero-order chi connectivity index (χ0) is 13.8. The van der Waals surface area contributed by atoms with E-state index in [2.05, 4.69) is 4.40 Å². The van der Waals surface area contributed by atoms with E-state index in [-0.39, 0.29) is 17.2 Å². The van der Waals surface area contributed by atoms with Crippen LogP contribution in [-0.2, 0) is 11.0 Å². The van der Waals surface area contributed by atoms with E-state index >= 15 is 0 Å². The number of rotatable bonds is 4. The van der Waals surface area contributed by atoms with E-state index in [0.717, 1.165) is 0 Å². The summed E-state index contributed by atoms with van der Waals surface area (Å²) in [5.74, 6) is 0.258. The fraction of sp³-hybridized carbons (Fsp3) is 0.462. The fourth-order valence-electron chi connectivity index (χ4n) is 1.02. The lowest BCUT2D eigenvalue weighted by Gasteiger charge is -2.14. The van der Waals surface area contributed by atoms with Crippen molar-refractivity contribution < 1.29 is 13.3 Å². The standard InChI is InChI=1S/C13H18FNO2S/c1-10(15-18(16)13(2,3)4)9-17-12-7-5-11(14)6-8-12/h5-8H,9H2,1-4H3. The molecule has 0 aliphatic heterocycles. The SMILES string of the molecule is CC(COc1ccc(F)cc1)=NS(=O)C(C)(C)C. The Morgan fingerprint density at radius 1 is 1.33 bits per heavy atom. The molecule has 0 N–H and O–H groups in total. The maximum absolute atomic E-state index is 12.7. The van der Waals surface area contributed by atoms with Gasteiger partial charge in [-0.05, 0) is 52.0 Å². The second-order valence-corrected chi connectivity index (χ2v) is 6.84. The highest BCUT2D eigenvalue weighted by molar-refractivity contribution is 7.85. The highest BCUT2D eigenvalue weighted by Gasteiger charge is 2.18. The molecule has 3 nitrogen and oxygen atoms in total. The van der Waals surface area contributed by atoms with Crippen LogP contribution in [0.15, 0.2) is 28.7 Å². The van der Waals surface area contributed by atoms with Crippen molar-refractivity contribution in [3.8, 4) is 5.75 Å². The summed E-state index contributed by atoms with van der Waals surface area (Å²) >= 11 is 0. The van der Waals surface area contributed by atoms with E-state index in [1.54, 1.807) is 19.1 Å². The third kappa shape index (κ3) is 4.96. The molecule has 0 aliphatic carbocycles. The maximum atomic E-state index is 12.7. The highest BCUT2D eigenvalue weighted by atomic mass is 32.2. The molecular formula is C13H18FNO2S. The van der Waals surface area contributed by atoms with Crippen LogP contribution in [0.5, 0.6) is 5.75 Å².